The molecule has 0 atom stereocenters. The maximum absolute atomic E-state index is 5.35. The monoisotopic (exact) mass is 244 g/mol. The van der Waals surface area contributed by atoms with Gasteiger partial charge in [-0.25, -0.2) is 0 Å². The molecule has 1 aliphatic heterocycles. The van der Waals surface area contributed by atoms with Crippen LogP contribution < -0.4 is 10.1 Å². The van der Waals surface area contributed by atoms with Crippen molar-refractivity contribution in [2.75, 3.05) is 39.3 Å². The third-order valence-electron chi connectivity index (χ3n) is 3.17. The van der Waals surface area contributed by atoms with Crippen LogP contribution in [-0.2, 0) is 6.42 Å². The molecule has 3 heteroatoms. The Bertz CT molecular complexity index is 388. The predicted molar refractivity (Wildman–Crippen MR) is 73.8 cm³/mol. The zero-order valence-electron chi connectivity index (χ0n) is 10.7. The molecule has 1 aromatic carbocycles. The average Bonchev–Trinajstić information content (AvgIpc) is 2.45. The molecule has 0 aromatic heterocycles. The van der Waals surface area contributed by atoms with Gasteiger partial charge in [0, 0.05) is 32.7 Å². The standard InChI is InChI=1S/C15H20N2O/c1-2-13-18-15-5-3-14(4-6-15)7-10-17-11-8-16-9-12-17/h1,3-6,16H,7-13H2. The lowest BCUT2D eigenvalue weighted by molar-refractivity contribution is 0.244. The predicted octanol–water partition coefficient (Wildman–Crippen LogP) is 1.15. The second-order valence-electron chi connectivity index (χ2n) is 4.48. The Labute approximate surface area is 109 Å². The summed E-state index contributed by atoms with van der Waals surface area (Å²) in [4.78, 5) is 2.50. The van der Waals surface area contributed by atoms with Crippen LogP contribution in [-0.4, -0.2) is 44.2 Å². The van der Waals surface area contributed by atoms with Crippen molar-refractivity contribution in [3.63, 3.8) is 0 Å². The van der Waals surface area contributed by atoms with Gasteiger partial charge in [0.2, 0.25) is 0 Å². The molecular formula is C15H20N2O. The highest BCUT2D eigenvalue weighted by Gasteiger charge is 2.08. The Balaban J connectivity index is 1.77. The van der Waals surface area contributed by atoms with Gasteiger partial charge < -0.3 is 15.0 Å². The zero-order chi connectivity index (χ0) is 12.6. The van der Waals surface area contributed by atoms with Crippen LogP contribution in [0.3, 0.4) is 0 Å². The number of ether oxygens (including phenoxy) is 1. The van der Waals surface area contributed by atoms with Crippen molar-refractivity contribution in [1.82, 2.24) is 10.2 Å². The molecule has 0 saturated carbocycles. The summed E-state index contributed by atoms with van der Waals surface area (Å²) in [5.41, 5.74) is 1.35. The van der Waals surface area contributed by atoms with E-state index in [4.69, 9.17) is 11.2 Å². The molecule has 3 nitrogen and oxygen atoms in total. The van der Waals surface area contributed by atoms with E-state index in [1.165, 1.54) is 5.56 Å². The van der Waals surface area contributed by atoms with Gasteiger partial charge in [0.25, 0.3) is 0 Å². The number of piperazine rings is 1. The molecule has 0 unspecified atom stereocenters. The fourth-order valence-electron chi connectivity index (χ4n) is 2.10. The summed E-state index contributed by atoms with van der Waals surface area (Å²) in [7, 11) is 0. The maximum atomic E-state index is 5.35. The summed E-state index contributed by atoms with van der Waals surface area (Å²) in [6.07, 6.45) is 6.24. The molecule has 96 valence electrons. The van der Waals surface area contributed by atoms with E-state index in [9.17, 15) is 0 Å². The van der Waals surface area contributed by atoms with Gasteiger partial charge in [-0.2, -0.15) is 0 Å². The summed E-state index contributed by atoms with van der Waals surface area (Å²) in [5.74, 6) is 3.31. The highest BCUT2D eigenvalue weighted by molar-refractivity contribution is 5.27. The van der Waals surface area contributed by atoms with E-state index >= 15 is 0 Å². The van der Waals surface area contributed by atoms with Gasteiger partial charge in [-0.05, 0) is 24.1 Å². The number of terminal acetylenes is 1. The first-order chi connectivity index (χ1) is 8.88. The van der Waals surface area contributed by atoms with Crippen LogP contribution in [0, 0.1) is 12.3 Å². The zero-order valence-corrected chi connectivity index (χ0v) is 10.7. The highest BCUT2D eigenvalue weighted by Crippen LogP contribution is 2.12. The molecule has 0 aliphatic carbocycles. The maximum Gasteiger partial charge on any atom is 0.148 e. The molecule has 1 saturated heterocycles. The van der Waals surface area contributed by atoms with Gasteiger partial charge in [0.05, 0.1) is 0 Å². The first-order valence-corrected chi connectivity index (χ1v) is 6.47. The second-order valence-corrected chi connectivity index (χ2v) is 4.48. The summed E-state index contributed by atoms with van der Waals surface area (Å²) < 4.78 is 5.35. The number of benzene rings is 1. The molecule has 2 rings (SSSR count). The number of hydrogen-bond donors (Lipinski definition) is 1. The van der Waals surface area contributed by atoms with E-state index in [0.29, 0.717) is 6.61 Å². The van der Waals surface area contributed by atoms with Crippen molar-refractivity contribution in [3.8, 4) is 18.1 Å². The van der Waals surface area contributed by atoms with E-state index in [-0.39, 0.29) is 0 Å². The minimum Gasteiger partial charge on any atom is -0.481 e. The lowest BCUT2D eigenvalue weighted by Crippen LogP contribution is -2.44. The van der Waals surface area contributed by atoms with Gasteiger partial charge in [-0.1, -0.05) is 18.1 Å². The average molecular weight is 244 g/mol. The lowest BCUT2D eigenvalue weighted by Gasteiger charge is -2.27. The van der Waals surface area contributed by atoms with Crippen LogP contribution in [0.25, 0.3) is 0 Å². The van der Waals surface area contributed by atoms with Gasteiger partial charge in [-0.3, -0.25) is 0 Å². The molecule has 0 amide bonds. The molecule has 1 aliphatic rings. The quantitative estimate of drug-likeness (QED) is 0.786. The Morgan fingerprint density at radius 3 is 2.61 bits per heavy atom. The van der Waals surface area contributed by atoms with E-state index in [1.807, 2.05) is 12.1 Å². The SMILES string of the molecule is C#CCOc1ccc(CCN2CCNCC2)cc1. The number of rotatable bonds is 5. The Morgan fingerprint density at radius 2 is 1.94 bits per heavy atom. The van der Waals surface area contributed by atoms with E-state index < -0.39 is 0 Å². The van der Waals surface area contributed by atoms with Crippen molar-refractivity contribution in [2.24, 2.45) is 0 Å². The van der Waals surface area contributed by atoms with Crippen LogP contribution >= 0.6 is 0 Å². The molecule has 0 spiro atoms. The smallest absolute Gasteiger partial charge is 0.148 e. The van der Waals surface area contributed by atoms with E-state index in [0.717, 1.165) is 44.9 Å². The topological polar surface area (TPSA) is 24.5 Å². The minimum atomic E-state index is 0.333. The summed E-state index contributed by atoms with van der Waals surface area (Å²) in [6, 6.07) is 8.22. The van der Waals surface area contributed by atoms with Gasteiger partial charge in [0.15, 0.2) is 0 Å². The van der Waals surface area contributed by atoms with Crippen molar-refractivity contribution < 1.29 is 4.74 Å². The third kappa shape index (κ3) is 4.06. The number of nitrogens with zero attached hydrogens (tertiary/aromatic N) is 1. The minimum absolute atomic E-state index is 0.333. The highest BCUT2D eigenvalue weighted by atomic mass is 16.5. The van der Waals surface area contributed by atoms with Crippen LogP contribution in [0.4, 0.5) is 0 Å². The van der Waals surface area contributed by atoms with Crippen molar-refractivity contribution in [3.05, 3.63) is 29.8 Å². The molecule has 1 aromatic rings. The van der Waals surface area contributed by atoms with Gasteiger partial charge in [0.1, 0.15) is 12.4 Å². The molecule has 1 N–H and O–H groups in total. The van der Waals surface area contributed by atoms with Crippen molar-refractivity contribution >= 4 is 0 Å². The van der Waals surface area contributed by atoms with Crippen molar-refractivity contribution in [2.45, 2.75) is 6.42 Å². The summed E-state index contributed by atoms with van der Waals surface area (Å²) >= 11 is 0. The van der Waals surface area contributed by atoms with Crippen molar-refractivity contribution in [1.29, 1.82) is 0 Å². The number of nitrogens with one attached hydrogen (secondary N) is 1. The van der Waals surface area contributed by atoms with Gasteiger partial charge >= 0.3 is 0 Å². The van der Waals surface area contributed by atoms with E-state index in [1.54, 1.807) is 0 Å². The fraction of sp³-hybridized carbons (Fsp3) is 0.467. The molecule has 0 bridgehead atoms. The first-order valence-electron chi connectivity index (χ1n) is 6.47. The molecular weight excluding hydrogens is 224 g/mol. The van der Waals surface area contributed by atoms with Crippen LogP contribution in [0.15, 0.2) is 24.3 Å². The Morgan fingerprint density at radius 1 is 1.22 bits per heavy atom. The Kier molecular flexibility index (Phi) is 5.07. The normalized spacial score (nSPS) is 16.2. The van der Waals surface area contributed by atoms with Gasteiger partial charge in [-0.15, -0.1) is 6.42 Å². The van der Waals surface area contributed by atoms with Crippen LogP contribution in [0.2, 0.25) is 0 Å². The van der Waals surface area contributed by atoms with Crippen LogP contribution in [0.5, 0.6) is 5.75 Å². The molecule has 18 heavy (non-hydrogen) atoms. The second kappa shape index (κ2) is 7.05. The molecule has 1 fully saturated rings. The number of hydrogen-bond acceptors (Lipinski definition) is 3. The first kappa shape index (κ1) is 12.9. The lowest BCUT2D eigenvalue weighted by atomic mass is 10.1. The third-order valence-corrected chi connectivity index (χ3v) is 3.17. The van der Waals surface area contributed by atoms with E-state index in [2.05, 4.69) is 28.3 Å². The molecule has 1 heterocycles. The summed E-state index contributed by atoms with van der Waals surface area (Å²) in [5, 5.41) is 3.37. The molecule has 0 radical (unpaired) electrons. The fourth-order valence-corrected chi connectivity index (χ4v) is 2.10. The van der Waals surface area contributed by atoms with Crippen LogP contribution in [0.1, 0.15) is 5.56 Å². The largest absolute Gasteiger partial charge is 0.481 e. The summed E-state index contributed by atoms with van der Waals surface area (Å²) in [6.45, 7) is 6.00. The Hall–Kier alpha value is -1.50.